The molecule has 4 rings (SSSR count). The Morgan fingerprint density at radius 3 is 2.64 bits per heavy atom. The molecule has 1 saturated heterocycles. The Balaban J connectivity index is 1.38. The maximum absolute atomic E-state index is 11.3. The number of ketones is 1. The Hall–Kier alpha value is -3.16. The molecule has 12 nitrogen and oxygen atoms in total. The fourth-order valence-electron chi connectivity index (χ4n) is 3.53. The monoisotopic (exact) mass is 459 g/mol. The van der Waals surface area contributed by atoms with Crippen LogP contribution in [-0.4, -0.2) is 89.9 Å². The number of carbonyl (C=O) groups excluding carboxylic acids is 1. The summed E-state index contributed by atoms with van der Waals surface area (Å²) < 4.78 is 12.5. The lowest BCUT2D eigenvalue weighted by atomic mass is 10.1. The molecule has 2 aromatic heterocycles. The highest BCUT2D eigenvalue weighted by molar-refractivity contribution is 5.94. The number of ether oxygens (including phenoxy) is 2. The van der Waals surface area contributed by atoms with Crippen LogP contribution in [0.3, 0.4) is 0 Å². The topological polar surface area (TPSA) is 172 Å². The van der Waals surface area contributed by atoms with Crippen LogP contribution >= 0.6 is 0 Å². The summed E-state index contributed by atoms with van der Waals surface area (Å²) in [5.74, 6) is 0.846. The highest BCUT2D eigenvalue weighted by atomic mass is 16.6. The van der Waals surface area contributed by atoms with Crippen LogP contribution in [0.5, 0.6) is 5.75 Å². The number of nitrogens with zero attached hydrogens (tertiary/aromatic N) is 4. The number of hydrogen-bond acceptors (Lipinski definition) is 11. The number of aliphatic hydroxyl groups is 4. The standard InChI is InChI=1S/C21H25N5O7/c1-11(28)12-2-4-14(5-3-12)32-8-13(29)6-22-19-16-20(24-9-23-19)26(10-25-16)21-18(31)17(30)15(7-27)33-21/h2-5,9-10,13,15,17-18,21,27,29-31H,6-8H2,1H3,(H,22,23,24)/t13?,15-,17-,18-,21-/m1/s1. The van der Waals surface area contributed by atoms with Crippen molar-refractivity contribution in [2.75, 3.05) is 25.1 Å². The van der Waals surface area contributed by atoms with Gasteiger partial charge in [-0.3, -0.25) is 9.36 Å². The van der Waals surface area contributed by atoms with Crippen molar-refractivity contribution >= 4 is 22.8 Å². The average Bonchev–Trinajstić information content (AvgIpc) is 3.37. The number of hydrogen-bond donors (Lipinski definition) is 5. The molecule has 1 fully saturated rings. The molecular weight excluding hydrogens is 434 g/mol. The summed E-state index contributed by atoms with van der Waals surface area (Å²) in [6, 6.07) is 6.64. The minimum absolute atomic E-state index is 0.0115. The van der Waals surface area contributed by atoms with Gasteiger partial charge in [0.15, 0.2) is 29.0 Å². The summed E-state index contributed by atoms with van der Waals surface area (Å²) >= 11 is 0. The van der Waals surface area contributed by atoms with Crippen LogP contribution in [0.2, 0.25) is 0 Å². The molecule has 0 aliphatic carbocycles. The average molecular weight is 459 g/mol. The lowest BCUT2D eigenvalue weighted by Gasteiger charge is -2.16. The third-order valence-electron chi connectivity index (χ3n) is 5.36. The molecule has 1 aromatic carbocycles. The van der Waals surface area contributed by atoms with Crippen molar-refractivity contribution in [2.45, 2.75) is 37.6 Å². The van der Waals surface area contributed by atoms with E-state index in [9.17, 15) is 25.2 Å². The number of Topliss-reactive ketones (excluding diaryl/α,β-unsaturated/α-hetero) is 1. The van der Waals surface area contributed by atoms with Crippen LogP contribution in [0.15, 0.2) is 36.9 Å². The van der Waals surface area contributed by atoms with Gasteiger partial charge < -0.3 is 35.2 Å². The van der Waals surface area contributed by atoms with Gasteiger partial charge in [-0.05, 0) is 31.2 Å². The third kappa shape index (κ3) is 4.79. The summed E-state index contributed by atoms with van der Waals surface area (Å²) in [5.41, 5.74) is 1.30. The first-order valence-electron chi connectivity index (χ1n) is 10.3. The minimum Gasteiger partial charge on any atom is -0.491 e. The zero-order valence-corrected chi connectivity index (χ0v) is 17.8. The Morgan fingerprint density at radius 2 is 1.97 bits per heavy atom. The second-order valence-corrected chi connectivity index (χ2v) is 7.70. The number of imidazole rings is 1. The van der Waals surface area contributed by atoms with E-state index in [4.69, 9.17) is 9.47 Å². The predicted molar refractivity (Wildman–Crippen MR) is 115 cm³/mol. The molecule has 5 atom stereocenters. The van der Waals surface area contributed by atoms with Crippen molar-refractivity contribution in [3.8, 4) is 5.75 Å². The highest BCUT2D eigenvalue weighted by Crippen LogP contribution is 2.32. The van der Waals surface area contributed by atoms with Gasteiger partial charge in [0.05, 0.1) is 12.9 Å². The SMILES string of the molecule is CC(=O)c1ccc(OCC(O)CNc2ncnc3c2ncn3[C@@H]2O[C@H](CO)[C@@H](O)[C@H]2O)cc1. The van der Waals surface area contributed by atoms with Crippen molar-refractivity contribution in [1.82, 2.24) is 19.5 Å². The number of rotatable bonds is 9. The van der Waals surface area contributed by atoms with Gasteiger partial charge in [0, 0.05) is 12.1 Å². The molecule has 0 bridgehead atoms. The van der Waals surface area contributed by atoms with E-state index in [1.807, 2.05) is 0 Å². The normalized spacial score (nSPS) is 23.5. The van der Waals surface area contributed by atoms with E-state index in [2.05, 4.69) is 20.3 Å². The van der Waals surface area contributed by atoms with Gasteiger partial charge in [-0.2, -0.15) is 0 Å². The van der Waals surface area contributed by atoms with Crippen molar-refractivity contribution in [3.05, 3.63) is 42.5 Å². The molecule has 0 radical (unpaired) electrons. The molecule has 12 heteroatoms. The van der Waals surface area contributed by atoms with Crippen LogP contribution in [-0.2, 0) is 4.74 Å². The molecule has 3 heterocycles. The number of benzene rings is 1. The molecule has 0 amide bonds. The summed E-state index contributed by atoms with van der Waals surface area (Å²) in [4.78, 5) is 23.9. The minimum atomic E-state index is -1.27. The first kappa shape index (κ1) is 23.0. The molecule has 1 aliphatic rings. The Bertz CT molecular complexity index is 1110. The summed E-state index contributed by atoms with van der Waals surface area (Å²) in [5, 5.41) is 42.8. The smallest absolute Gasteiger partial charge is 0.167 e. The molecule has 1 unspecified atom stereocenters. The fraction of sp³-hybridized carbons (Fsp3) is 0.429. The maximum atomic E-state index is 11.3. The van der Waals surface area contributed by atoms with Crippen LogP contribution < -0.4 is 10.1 Å². The second kappa shape index (κ2) is 9.77. The maximum Gasteiger partial charge on any atom is 0.167 e. The van der Waals surface area contributed by atoms with Crippen LogP contribution in [0.1, 0.15) is 23.5 Å². The Labute approximate surface area is 188 Å². The molecular formula is C21H25N5O7. The predicted octanol–water partition coefficient (Wildman–Crippen LogP) is -0.508. The van der Waals surface area contributed by atoms with E-state index in [1.54, 1.807) is 24.3 Å². The zero-order chi connectivity index (χ0) is 23.5. The van der Waals surface area contributed by atoms with Crippen molar-refractivity contribution < 1.29 is 34.7 Å². The van der Waals surface area contributed by atoms with Gasteiger partial charge in [-0.1, -0.05) is 0 Å². The van der Waals surface area contributed by atoms with E-state index in [0.29, 0.717) is 28.3 Å². The van der Waals surface area contributed by atoms with Gasteiger partial charge in [0.25, 0.3) is 0 Å². The van der Waals surface area contributed by atoms with E-state index in [1.165, 1.54) is 24.1 Å². The number of aromatic nitrogens is 4. The molecule has 3 aromatic rings. The van der Waals surface area contributed by atoms with E-state index in [0.717, 1.165) is 0 Å². The molecule has 0 saturated carbocycles. The summed E-state index contributed by atoms with van der Waals surface area (Å²) in [6.07, 6.45) is -2.59. The molecule has 0 spiro atoms. The first-order valence-corrected chi connectivity index (χ1v) is 10.3. The fourth-order valence-corrected chi connectivity index (χ4v) is 3.53. The summed E-state index contributed by atoms with van der Waals surface area (Å²) in [6.45, 7) is 1.16. The quantitative estimate of drug-likeness (QED) is 0.261. The number of fused-ring (bicyclic) bond motifs is 1. The zero-order valence-electron chi connectivity index (χ0n) is 17.8. The van der Waals surface area contributed by atoms with E-state index >= 15 is 0 Å². The number of aliphatic hydroxyl groups excluding tert-OH is 4. The van der Waals surface area contributed by atoms with Crippen LogP contribution in [0, 0.1) is 0 Å². The molecule has 1 aliphatic heterocycles. The second-order valence-electron chi connectivity index (χ2n) is 7.70. The van der Waals surface area contributed by atoms with Gasteiger partial charge >= 0.3 is 0 Å². The van der Waals surface area contributed by atoms with Gasteiger partial charge in [-0.25, -0.2) is 15.0 Å². The number of anilines is 1. The number of nitrogens with one attached hydrogen (secondary N) is 1. The summed E-state index contributed by atoms with van der Waals surface area (Å²) in [7, 11) is 0. The Kier molecular flexibility index (Phi) is 6.81. The van der Waals surface area contributed by atoms with Crippen molar-refractivity contribution in [1.29, 1.82) is 0 Å². The number of carbonyl (C=O) groups is 1. The van der Waals surface area contributed by atoms with Gasteiger partial charge in [0.2, 0.25) is 0 Å². The lowest BCUT2D eigenvalue weighted by Crippen LogP contribution is -2.33. The third-order valence-corrected chi connectivity index (χ3v) is 5.36. The highest BCUT2D eigenvalue weighted by Gasteiger charge is 2.44. The van der Waals surface area contributed by atoms with E-state index < -0.39 is 37.3 Å². The Morgan fingerprint density at radius 1 is 1.21 bits per heavy atom. The van der Waals surface area contributed by atoms with Gasteiger partial charge in [-0.15, -0.1) is 0 Å². The molecule has 33 heavy (non-hydrogen) atoms. The largest absolute Gasteiger partial charge is 0.491 e. The van der Waals surface area contributed by atoms with Crippen LogP contribution in [0.4, 0.5) is 5.82 Å². The van der Waals surface area contributed by atoms with Gasteiger partial charge in [0.1, 0.15) is 43.1 Å². The van der Waals surface area contributed by atoms with E-state index in [-0.39, 0.29) is 18.9 Å². The van der Waals surface area contributed by atoms with Crippen LogP contribution in [0.25, 0.3) is 11.2 Å². The molecule has 5 N–H and O–H groups in total. The van der Waals surface area contributed by atoms with Crippen molar-refractivity contribution in [2.24, 2.45) is 0 Å². The first-order chi connectivity index (χ1) is 15.9. The van der Waals surface area contributed by atoms with Crippen molar-refractivity contribution in [3.63, 3.8) is 0 Å². The molecule has 176 valence electrons. The lowest BCUT2D eigenvalue weighted by molar-refractivity contribution is -0.0511.